The number of carbonyl (C=O) groups is 1. The van der Waals surface area contributed by atoms with Gasteiger partial charge in [-0.05, 0) is 12.1 Å². The molecule has 0 bridgehead atoms. The lowest BCUT2D eigenvalue weighted by Gasteiger charge is -2.27. The van der Waals surface area contributed by atoms with Gasteiger partial charge in [-0.25, -0.2) is 14.8 Å². The Kier molecular flexibility index (Phi) is 5.13. The Morgan fingerprint density at radius 2 is 1.93 bits per heavy atom. The van der Waals surface area contributed by atoms with Crippen molar-refractivity contribution in [2.75, 3.05) is 38.3 Å². The first-order valence-electron chi connectivity index (χ1n) is 9.19. The van der Waals surface area contributed by atoms with Gasteiger partial charge in [0.1, 0.15) is 5.69 Å². The van der Waals surface area contributed by atoms with Gasteiger partial charge in [0.05, 0.1) is 26.0 Å². The van der Waals surface area contributed by atoms with E-state index in [0.717, 1.165) is 16.8 Å². The monoisotopic (exact) mass is 395 g/mol. The molecule has 3 aromatic rings. The van der Waals surface area contributed by atoms with E-state index in [1.54, 1.807) is 4.68 Å². The third-order valence-corrected chi connectivity index (χ3v) is 4.70. The molecule has 0 radical (unpaired) electrons. The van der Waals surface area contributed by atoms with Crippen molar-refractivity contribution in [2.45, 2.75) is 0 Å². The van der Waals surface area contributed by atoms with Gasteiger partial charge in [0.2, 0.25) is 5.95 Å². The molecule has 1 saturated heterocycles. The van der Waals surface area contributed by atoms with Crippen LogP contribution in [0.15, 0.2) is 36.5 Å². The summed E-state index contributed by atoms with van der Waals surface area (Å²) in [7, 11) is 3.28. The first-order chi connectivity index (χ1) is 14.1. The van der Waals surface area contributed by atoms with Gasteiger partial charge in [-0.2, -0.15) is 5.10 Å². The van der Waals surface area contributed by atoms with Gasteiger partial charge in [-0.1, -0.05) is 18.2 Å². The Morgan fingerprint density at radius 3 is 2.59 bits per heavy atom. The van der Waals surface area contributed by atoms with Crippen LogP contribution in [0.4, 0.5) is 5.95 Å². The molecule has 4 rings (SSSR count). The minimum atomic E-state index is -1.17. The Morgan fingerprint density at radius 1 is 1.17 bits per heavy atom. The molecule has 1 aromatic carbocycles. The second-order valence-corrected chi connectivity index (χ2v) is 6.61. The molecule has 9 nitrogen and oxygen atoms in total. The SMILES string of the molecule is COc1c(C(=O)O)nc(N2CCOCC2)nc1-c1cccc(-c2ccn(C)n2)c1. The summed E-state index contributed by atoms with van der Waals surface area (Å²) >= 11 is 0. The maximum atomic E-state index is 11.9. The number of hydrogen-bond donors (Lipinski definition) is 1. The fourth-order valence-corrected chi connectivity index (χ4v) is 3.27. The van der Waals surface area contributed by atoms with Crippen LogP contribution in [0.25, 0.3) is 22.5 Å². The molecule has 0 unspecified atom stereocenters. The lowest BCUT2D eigenvalue weighted by atomic mass is 10.0. The molecule has 0 amide bonds. The van der Waals surface area contributed by atoms with E-state index in [1.165, 1.54) is 7.11 Å². The molecule has 3 heterocycles. The number of carboxylic acid groups (broad SMARTS) is 1. The van der Waals surface area contributed by atoms with E-state index in [-0.39, 0.29) is 11.4 Å². The lowest BCUT2D eigenvalue weighted by Crippen LogP contribution is -2.37. The zero-order chi connectivity index (χ0) is 20.4. The normalized spacial score (nSPS) is 14.1. The maximum Gasteiger partial charge on any atom is 0.358 e. The van der Waals surface area contributed by atoms with E-state index in [9.17, 15) is 9.90 Å². The van der Waals surface area contributed by atoms with Crippen molar-refractivity contribution in [3.63, 3.8) is 0 Å². The molecule has 9 heteroatoms. The number of rotatable bonds is 5. The number of ether oxygens (including phenoxy) is 2. The van der Waals surface area contributed by atoms with Gasteiger partial charge in [-0.3, -0.25) is 4.68 Å². The van der Waals surface area contributed by atoms with Crippen molar-refractivity contribution in [3.8, 4) is 28.3 Å². The standard InChI is InChI=1S/C20H21N5O4/c1-24-7-6-15(23-24)13-4-3-5-14(12-13)16-18(28-2)17(19(26)27)22-20(21-16)25-8-10-29-11-9-25/h3-7,12H,8-11H2,1-2H3,(H,26,27). The van der Waals surface area contributed by atoms with Gasteiger partial charge >= 0.3 is 5.97 Å². The van der Waals surface area contributed by atoms with Crippen LogP contribution in [-0.4, -0.2) is 64.2 Å². The number of aryl methyl sites for hydroxylation is 1. The van der Waals surface area contributed by atoms with Gasteiger partial charge in [0.25, 0.3) is 0 Å². The summed E-state index contributed by atoms with van der Waals surface area (Å²) in [5.74, 6) is -0.682. The Labute approximate surface area is 167 Å². The second kappa shape index (κ2) is 7.88. The first-order valence-corrected chi connectivity index (χ1v) is 9.19. The quantitative estimate of drug-likeness (QED) is 0.701. The molecular formula is C20H21N5O4. The minimum Gasteiger partial charge on any atom is -0.492 e. The fourth-order valence-electron chi connectivity index (χ4n) is 3.27. The number of anilines is 1. The van der Waals surface area contributed by atoms with Gasteiger partial charge in [-0.15, -0.1) is 0 Å². The van der Waals surface area contributed by atoms with E-state index >= 15 is 0 Å². The number of morpholine rings is 1. The van der Waals surface area contributed by atoms with Crippen LogP contribution in [0.5, 0.6) is 5.75 Å². The molecule has 0 saturated carbocycles. The highest BCUT2D eigenvalue weighted by molar-refractivity contribution is 5.92. The zero-order valence-electron chi connectivity index (χ0n) is 16.2. The maximum absolute atomic E-state index is 11.9. The summed E-state index contributed by atoms with van der Waals surface area (Å²) in [6.45, 7) is 2.28. The van der Waals surface area contributed by atoms with Gasteiger partial charge in [0.15, 0.2) is 11.4 Å². The van der Waals surface area contributed by atoms with E-state index in [4.69, 9.17) is 9.47 Å². The summed E-state index contributed by atoms with van der Waals surface area (Å²) < 4.78 is 12.5. The van der Waals surface area contributed by atoms with Crippen molar-refractivity contribution in [3.05, 3.63) is 42.2 Å². The highest BCUT2D eigenvalue weighted by Gasteiger charge is 2.25. The van der Waals surface area contributed by atoms with Crippen molar-refractivity contribution in [2.24, 2.45) is 7.05 Å². The number of benzene rings is 1. The number of nitrogens with zero attached hydrogens (tertiary/aromatic N) is 5. The van der Waals surface area contributed by atoms with Crippen LogP contribution >= 0.6 is 0 Å². The number of methoxy groups -OCH3 is 1. The van der Waals surface area contributed by atoms with Crippen molar-refractivity contribution in [1.29, 1.82) is 0 Å². The van der Waals surface area contributed by atoms with Crippen LogP contribution in [0, 0.1) is 0 Å². The van der Waals surface area contributed by atoms with Gasteiger partial charge in [0, 0.05) is 37.5 Å². The van der Waals surface area contributed by atoms with Gasteiger partial charge < -0.3 is 19.5 Å². The second-order valence-electron chi connectivity index (χ2n) is 6.61. The molecule has 1 fully saturated rings. The van der Waals surface area contributed by atoms with Crippen LogP contribution in [0.3, 0.4) is 0 Å². The predicted octanol–water partition coefficient (Wildman–Crippen LogP) is 2.09. The van der Waals surface area contributed by atoms with E-state index in [2.05, 4.69) is 15.1 Å². The predicted molar refractivity (Wildman–Crippen MR) is 106 cm³/mol. The summed E-state index contributed by atoms with van der Waals surface area (Å²) in [5.41, 5.74) is 2.70. The summed E-state index contributed by atoms with van der Waals surface area (Å²) in [6, 6.07) is 9.53. The minimum absolute atomic E-state index is 0.132. The lowest BCUT2D eigenvalue weighted by molar-refractivity contribution is 0.0686. The van der Waals surface area contributed by atoms with Crippen LogP contribution in [-0.2, 0) is 11.8 Å². The molecule has 2 aromatic heterocycles. The molecule has 0 spiro atoms. The zero-order valence-corrected chi connectivity index (χ0v) is 16.2. The van der Waals surface area contributed by atoms with E-state index in [0.29, 0.717) is 37.9 Å². The average Bonchev–Trinajstić information content (AvgIpc) is 3.19. The smallest absolute Gasteiger partial charge is 0.358 e. The molecule has 1 aliphatic heterocycles. The number of hydrogen-bond acceptors (Lipinski definition) is 7. The highest BCUT2D eigenvalue weighted by Crippen LogP contribution is 2.34. The molecule has 0 aliphatic carbocycles. The molecule has 1 aliphatic rings. The van der Waals surface area contributed by atoms with Crippen molar-refractivity contribution >= 4 is 11.9 Å². The summed E-state index contributed by atoms with van der Waals surface area (Å²) in [5, 5.41) is 14.1. The fraction of sp³-hybridized carbons (Fsp3) is 0.300. The molecule has 29 heavy (non-hydrogen) atoms. The molecule has 0 atom stereocenters. The summed E-state index contributed by atoms with van der Waals surface area (Å²) in [4.78, 5) is 22.7. The van der Waals surface area contributed by atoms with E-state index in [1.807, 2.05) is 48.5 Å². The number of aromatic carboxylic acids is 1. The van der Waals surface area contributed by atoms with E-state index < -0.39 is 5.97 Å². The average molecular weight is 395 g/mol. The Bertz CT molecular complexity index is 1040. The molecular weight excluding hydrogens is 374 g/mol. The Balaban J connectivity index is 1.85. The highest BCUT2D eigenvalue weighted by atomic mass is 16.5. The summed E-state index contributed by atoms with van der Waals surface area (Å²) in [6.07, 6.45) is 1.87. The third-order valence-electron chi connectivity index (χ3n) is 4.70. The molecule has 1 N–H and O–H groups in total. The third kappa shape index (κ3) is 3.77. The van der Waals surface area contributed by atoms with Crippen molar-refractivity contribution in [1.82, 2.24) is 19.7 Å². The number of carboxylic acids is 1. The van der Waals surface area contributed by atoms with Crippen LogP contribution in [0.2, 0.25) is 0 Å². The Hall–Kier alpha value is -3.46. The van der Waals surface area contributed by atoms with Crippen molar-refractivity contribution < 1.29 is 19.4 Å². The largest absolute Gasteiger partial charge is 0.492 e. The first kappa shape index (κ1) is 18.9. The number of aromatic nitrogens is 4. The topological polar surface area (TPSA) is 103 Å². The van der Waals surface area contributed by atoms with Crippen LogP contribution < -0.4 is 9.64 Å². The van der Waals surface area contributed by atoms with Crippen LogP contribution in [0.1, 0.15) is 10.5 Å². The molecule has 150 valence electrons.